The molecule has 0 bridgehead atoms. The van der Waals surface area contributed by atoms with Crippen molar-refractivity contribution < 1.29 is 19.1 Å². The van der Waals surface area contributed by atoms with E-state index in [4.69, 9.17) is 16.7 Å². The van der Waals surface area contributed by atoms with E-state index in [-0.39, 0.29) is 36.6 Å². The van der Waals surface area contributed by atoms with Gasteiger partial charge >= 0.3 is 5.97 Å². The van der Waals surface area contributed by atoms with Crippen molar-refractivity contribution in [3.63, 3.8) is 0 Å². The Balaban J connectivity index is 1.36. The van der Waals surface area contributed by atoms with Crippen molar-refractivity contribution in [2.45, 2.75) is 44.7 Å². The maximum absolute atomic E-state index is 15.0. The van der Waals surface area contributed by atoms with Gasteiger partial charge in [0.25, 0.3) is 5.91 Å². The van der Waals surface area contributed by atoms with Gasteiger partial charge in [0, 0.05) is 28.4 Å². The summed E-state index contributed by atoms with van der Waals surface area (Å²) in [5.74, 6) is -1.20. The molecule has 1 aliphatic rings. The third-order valence-corrected chi connectivity index (χ3v) is 7.26. The van der Waals surface area contributed by atoms with E-state index in [1.54, 1.807) is 29.1 Å². The predicted molar refractivity (Wildman–Crippen MR) is 141 cm³/mol. The SMILES string of the molecule is O=C(O)CC1CCC(NC(=O)c2cc(Cl)cc3cnn(Cc4ccc(-c5ccccc5)c(F)c4)c23)CC1. The predicted octanol–water partition coefficient (Wildman–Crippen LogP) is 6.31. The average molecular weight is 520 g/mol. The van der Waals surface area contributed by atoms with Gasteiger partial charge in [-0.1, -0.05) is 54.1 Å². The Morgan fingerprint density at radius 1 is 1.05 bits per heavy atom. The Labute approximate surface area is 219 Å². The lowest BCUT2D eigenvalue weighted by molar-refractivity contribution is -0.138. The van der Waals surface area contributed by atoms with Crippen LogP contribution in [0, 0.1) is 11.7 Å². The van der Waals surface area contributed by atoms with Crippen molar-refractivity contribution in [3.8, 4) is 11.1 Å². The van der Waals surface area contributed by atoms with Gasteiger partial charge in [0.1, 0.15) is 5.82 Å². The third-order valence-electron chi connectivity index (χ3n) is 7.04. The highest BCUT2D eigenvalue weighted by Gasteiger charge is 2.25. The van der Waals surface area contributed by atoms with Gasteiger partial charge < -0.3 is 10.4 Å². The molecule has 0 aliphatic heterocycles. The van der Waals surface area contributed by atoms with E-state index in [1.165, 1.54) is 6.07 Å². The fraction of sp³-hybridized carbons (Fsp3) is 0.276. The first-order valence-corrected chi connectivity index (χ1v) is 12.8. The van der Waals surface area contributed by atoms with Gasteiger partial charge in [-0.25, -0.2) is 4.39 Å². The smallest absolute Gasteiger partial charge is 0.303 e. The molecule has 0 spiro atoms. The molecule has 1 heterocycles. The first kappa shape index (κ1) is 25.0. The number of hydrogen-bond acceptors (Lipinski definition) is 3. The van der Waals surface area contributed by atoms with Crippen LogP contribution in [0.25, 0.3) is 22.0 Å². The molecule has 1 saturated carbocycles. The molecule has 1 aromatic heterocycles. The molecule has 1 aliphatic carbocycles. The van der Waals surface area contributed by atoms with Gasteiger partial charge in [0.05, 0.1) is 23.8 Å². The largest absolute Gasteiger partial charge is 0.481 e. The molecule has 3 aromatic carbocycles. The van der Waals surface area contributed by atoms with E-state index in [2.05, 4.69) is 10.4 Å². The summed E-state index contributed by atoms with van der Waals surface area (Å²) in [6.07, 6.45) is 4.83. The lowest BCUT2D eigenvalue weighted by Crippen LogP contribution is -2.38. The highest BCUT2D eigenvalue weighted by atomic mass is 35.5. The number of carboxylic acids is 1. The van der Waals surface area contributed by atoms with Crippen molar-refractivity contribution in [1.82, 2.24) is 15.1 Å². The molecule has 0 saturated heterocycles. The summed E-state index contributed by atoms with van der Waals surface area (Å²) in [6, 6.07) is 17.9. The molecular weight excluding hydrogens is 493 g/mol. The topological polar surface area (TPSA) is 84.2 Å². The van der Waals surface area contributed by atoms with Gasteiger partial charge in [-0.3, -0.25) is 14.3 Å². The van der Waals surface area contributed by atoms with Gasteiger partial charge in [0.2, 0.25) is 0 Å². The van der Waals surface area contributed by atoms with Crippen molar-refractivity contribution in [1.29, 1.82) is 0 Å². The first-order chi connectivity index (χ1) is 17.9. The Hall–Kier alpha value is -3.71. The minimum absolute atomic E-state index is 0.0254. The molecular formula is C29H27ClFN3O3. The van der Waals surface area contributed by atoms with Crippen LogP contribution in [-0.2, 0) is 11.3 Å². The number of carboxylic acid groups (broad SMARTS) is 1. The van der Waals surface area contributed by atoms with Crippen LogP contribution in [-0.4, -0.2) is 32.8 Å². The summed E-state index contributed by atoms with van der Waals surface area (Å²) in [5.41, 5.74) is 3.10. The van der Waals surface area contributed by atoms with Crippen molar-refractivity contribution >= 4 is 34.4 Å². The monoisotopic (exact) mass is 519 g/mol. The number of rotatable bonds is 7. The third kappa shape index (κ3) is 5.67. The van der Waals surface area contributed by atoms with E-state index in [9.17, 15) is 14.0 Å². The highest BCUT2D eigenvalue weighted by molar-refractivity contribution is 6.32. The summed E-state index contributed by atoms with van der Waals surface area (Å²) in [6.45, 7) is 0.289. The van der Waals surface area contributed by atoms with E-state index < -0.39 is 5.97 Å². The molecule has 8 heteroatoms. The molecule has 0 radical (unpaired) electrons. The Morgan fingerprint density at radius 3 is 2.51 bits per heavy atom. The molecule has 6 nitrogen and oxygen atoms in total. The average Bonchev–Trinajstić information content (AvgIpc) is 3.27. The zero-order valence-corrected chi connectivity index (χ0v) is 20.9. The summed E-state index contributed by atoms with van der Waals surface area (Å²) in [7, 11) is 0. The maximum Gasteiger partial charge on any atom is 0.303 e. The number of nitrogens with zero attached hydrogens (tertiary/aromatic N) is 2. The minimum Gasteiger partial charge on any atom is -0.481 e. The Morgan fingerprint density at radius 2 is 1.81 bits per heavy atom. The standard InChI is InChI=1S/C29H27ClFN3O3/c30-22-14-21-16-32-34(17-19-8-11-24(26(31)12-19)20-4-2-1-3-5-20)28(21)25(15-22)29(37)33-23-9-6-18(7-10-23)13-27(35)36/h1-5,8,11-12,14-16,18,23H,6-7,9-10,13,17H2,(H,33,37)(H,35,36). The molecule has 1 fully saturated rings. The van der Waals surface area contributed by atoms with Gasteiger partial charge in [-0.15, -0.1) is 0 Å². The van der Waals surface area contributed by atoms with Crippen molar-refractivity contribution in [2.24, 2.45) is 5.92 Å². The number of fused-ring (bicyclic) bond motifs is 1. The number of nitrogens with one attached hydrogen (secondary N) is 1. The fourth-order valence-electron chi connectivity index (χ4n) is 5.19. The second-order valence-electron chi connectivity index (χ2n) is 9.66. The molecule has 37 heavy (non-hydrogen) atoms. The molecule has 5 rings (SSSR count). The van der Waals surface area contributed by atoms with Crippen LogP contribution in [0.3, 0.4) is 0 Å². The molecule has 2 N–H and O–H groups in total. The number of carbonyl (C=O) groups excluding carboxylic acids is 1. The van der Waals surface area contributed by atoms with Crippen LogP contribution in [0.15, 0.2) is 66.9 Å². The Bertz CT molecular complexity index is 1450. The summed E-state index contributed by atoms with van der Waals surface area (Å²) < 4.78 is 16.6. The lowest BCUT2D eigenvalue weighted by Gasteiger charge is -2.28. The second kappa shape index (κ2) is 10.7. The van der Waals surface area contributed by atoms with Gasteiger partial charge in [-0.2, -0.15) is 5.10 Å². The number of halogens is 2. The lowest BCUT2D eigenvalue weighted by atomic mass is 9.84. The maximum atomic E-state index is 15.0. The van der Waals surface area contributed by atoms with E-state index >= 15 is 0 Å². The zero-order valence-electron chi connectivity index (χ0n) is 20.2. The number of aliphatic carboxylic acids is 1. The van der Waals surface area contributed by atoms with Gasteiger partial charge in [-0.05, 0) is 60.9 Å². The van der Waals surface area contributed by atoms with Crippen LogP contribution in [0.2, 0.25) is 5.02 Å². The minimum atomic E-state index is -0.781. The number of aromatic nitrogens is 2. The zero-order chi connectivity index (χ0) is 25.9. The molecule has 1 amide bonds. The summed E-state index contributed by atoms with van der Waals surface area (Å²) in [4.78, 5) is 24.3. The molecule has 190 valence electrons. The van der Waals surface area contributed by atoms with E-state index in [0.717, 1.165) is 42.2 Å². The number of amides is 1. The number of benzene rings is 3. The van der Waals surface area contributed by atoms with Crippen molar-refractivity contribution in [3.05, 3.63) is 88.8 Å². The first-order valence-electron chi connectivity index (χ1n) is 12.4. The van der Waals surface area contributed by atoms with Crippen LogP contribution >= 0.6 is 11.6 Å². The number of carbonyl (C=O) groups is 2. The highest BCUT2D eigenvalue weighted by Crippen LogP contribution is 2.29. The molecule has 0 unspecified atom stereocenters. The fourth-order valence-corrected chi connectivity index (χ4v) is 5.42. The van der Waals surface area contributed by atoms with Crippen molar-refractivity contribution in [2.75, 3.05) is 0 Å². The summed E-state index contributed by atoms with van der Waals surface area (Å²) >= 11 is 6.32. The molecule has 4 aromatic rings. The number of hydrogen-bond donors (Lipinski definition) is 2. The van der Waals surface area contributed by atoms with Crippen LogP contribution < -0.4 is 5.32 Å². The second-order valence-corrected chi connectivity index (χ2v) is 10.1. The molecule has 0 atom stereocenters. The van der Waals surface area contributed by atoms with Crippen LogP contribution in [0.4, 0.5) is 4.39 Å². The van der Waals surface area contributed by atoms with Crippen LogP contribution in [0.5, 0.6) is 0 Å². The van der Waals surface area contributed by atoms with Crippen LogP contribution in [0.1, 0.15) is 48.0 Å². The normalized spacial score (nSPS) is 17.6. The Kier molecular flexibility index (Phi) is 7.24. The summed E-state index contributed by atoms with van der Waals surface area (Å²) in [5, 5.41) is 17.8. The van der Waals surface area contributed by atoms with Gasteiger partial charge in [0.15, 0.2) is 0 Å². The van der Waals surface area contributed by atoms with E-state index in [0.29, 0.717) is 21.7 Å². The van der Waals surface area contributed by atoms with E-state index in [1.807, 2.05) is 36.4 Å². The quantitative estimate of drug-likeness (QED) is 0.300.